The molecule has 0 fully saturated rings. The van der Waals surface area contributed by atoms with E-state index in [4.69, 9.17) is 0 Å². The van der Waals surface area contributed by atoms with Crippen LogP contribution in [-0.4, -0.2) is 30.4 Å². The molecule has 1 aromatic carbocycles. The molecule has 2 N–H and O–H groups in total. The summed E-state index contributed by atoms with van der Waals surface area (Å²) >= 11 is 0. The fourth-order valence-electron chi connectivity index (χ4n) is 1.39. The van der Waals surface area contributed by atoms with Crippen LogP contribution in [0.3, 0.4) is 0 Å². The molecule has 0 atom stereocenters. The number of carbonyl (C=O) groups is 1. The van der Waals surface area contributed by atoms with E-state index in [0.717, 1.165) is 0 Å². The molecule has 0 radical (unpaired) electrons. The largest absolute Gasteiger partial charge is 0.389 e. The molecule has 112 valence electrons. The van der Waals surface area contributed by atoms with Crippen LogP contribution in [0.25, 0.3) is 0 Å². The van der Waals surface area contributed by atoms with Gasteiger partial charge in [0, 0.05) is 5.56 Å². The molecule has 0 aliphatic heterocycles. The highest BCUT2D eigenvalue weighted by atomic mass is 32.2. The number of aliphatic hydroxyl groups is 1. The minimum absolute atomic E-state index is 0.0554. The van der Waals surface area contributed by atoms with Crippen LogP contribution < -0.4 is 4.72 Å². The normalized spacial score (nSPS) is 13.3. The zero-order valence-corrected chi connectivity index (χ0v) is 13.2. The van der Waals surface area contributed by atoms with Gasteiger partial charge in [0.25, 0.3) is 0 Å². The Balaban J connectivity index is 3.09. The topological polar surface area (TPSA) is 83.5 Å². The molecule has 1 aromatic rings. The summed E-state index contributed by atoms with van der Waals surface area (Å²) in [6.07, 6.45) is 0. The third-order valence-corrected chi connectivity index (χ3v) is 5.16. The van der Waals surface area contributed by atoms with Crippen molar-refractivity contribution < 1.29 is 18.3 Å². The first kappa shape index (κ1) is 16.8. The quantitative estimate of drug-likeness (QED) is 0.811. The van der Waals surface area contributed by atoms with E-state index in [9.17, 15) is 18.3 Å². The highest BCUT2D eigenvalue weighted by Gasteiger charge is 2.38. The third kappa shape index (κ3) is 3.65. The van der Waals surface area contributed by atoms with Crippen molar-refractivity contribution >= 4 is 15.8 Å². The van der Waals surface area contributed by atoms with E-state index in [2.05, 4.69) is 4.72 Å². The number of rotatable bonds is 5. The third-order valence-electron chi connectivity index (χ3n) is 3.49. The monoisotopic (exact) mass is 299 g/mol. The Labute approximate surface area is 120 Å². The summed E-state index contributed by atoms with van der Waals surface area (Å²) in [5.41, 5.74) is -1.81. The first-order chi connectivity index (χ1) is 8.87. The standard InChI is InChI=1S/C14H21NO4S/c1-10(16)11-6-8-12(9-7-11)20(18,19)15-13(2,3)14(4,5)17/h6-9,15,17H,1-5H3. The van der Waals surface area contributed by atoms with Gasteiger partial charge in [-0.3, -0.25) is 4.79 Å². The van der Waals surface area contributed by atoms with E-state index in [-0.39, 0.29) is 10.7 Å². The Morgan fingerprint density at radius 1 is 1.10 bits per heavy atom. The predicted octanol–water partition coefficient (Wildman–Crippen LogP) is 1.72. The summed E-state index contributed by atoms with van der Waals surface area (Å²) in [4.78, 5) is 11.2. The maximum atomic E-state index is 12.3. The molecule has 0 bridgehead atoms. The number of hydrogen-bond acceptors (Lipinski definition) is 4. The molecule has 0 saturated carbocycles. The van der Waals surface area contributed by atoms with Crippen LogP contribution in [0.1, 0.15) is 45.0 Å². The molecule has 0 spiro atoms. The molecule has 6 heteroatoms. The van der Waals surface area contributed by atoms with Gasteiger partial charge in [0.2, 0.25) is 10.0 Å². The molecule has 5 nitrogen and oxygen atoms in total. The van der Waals surface area contributed by atoms with Gasteiger partial charge in [-0.2, -0.15) is 0 Å². The lowest BCUT2D eigenvalue weighted by molar-refractivity contribution is 0.00638. The van der Waals surface area contributed by atoms with Crippen molar-refractivity contribution in [1.82, 2.24) is 4.72 Å². The zero-order valence-electron chi connectivity index (χ0n) is 12.4. The van der Waals surface area contributed by atoms with Gasteiger partial charge in [0.1, 0.15) is 0 Å². The lowest BCUT2D eigenvalue weighted by atomic mass is 9.87. The summed E-state index contributed by atoms with van der Waals surface area (Å²) < 4.78 is 27.0. The van der Waals surface area contributed by atoms with Gasteiger partial charge in [-0.25, -0.2) is 13.1 Å². The molecule has 0 saturated heterocycles. The minimum Gasteiger partial charge on any atom is -0.389 e. The second kappa shape index (κ2) is 5.27. The summed E-state index contributed by atoms with van der Waals surface area (Å²) in [5.74, 6) is -0.126. The molecule has 0 amide bonds. The maximum Gasteiger partial charge on any atom is 0.241 e. The number of nitrogens with one attached hydrogen (secondary N) is 1. The molecular weight excluding hydrogens is 278 g/mol. The summed E-state index contributed by atoms with van der Waals surface area (Å²) in [7, 11) is -3.76. The van der Waals surface area contributed by atoms with Crippen LogP contribution in [0, 0.1) is 0 Å². The van der Waals surface area contributed by atoms with Crippen LogP contribution in [0.15, 0.2) is 29.2 Å². The molecule has 20 heavy (non-hydrogen) atoms. The fourth-order valence-corrected chi connectivity index (χ4v) is 2.92. The number of sulfonamides is 1. The van der Waals surface area contributed by atoms with Crippen molar-refractivity contribution in [3.63, 3.8) is 0 Å². The summed E-state index contributed by atoms with van der Waals surface area (Å²) in [6, 6.07) is 5.68. The molecule has 0 aromatic heterocycles. The van der Waals surface area contributed by atoms with Gasteiger partial charge in [-0.15, -0.1) is 0 Å². The van der Waals surface area contributed by atoms with Gasteiger partial charge in [-0.05, 0) is 46.8 Å². The number of Topliss-reactive ketones (excluding diaryl/α,β-unsaturated/α-hetero) is 1. The Hall–Kier alpha value is -1.24. The van der Waals surface area contributed by atoms with Crippen molar-refractivity contribution in [3.8, 4) is 0 Å². The Morgan fingerprint density at radius 2 is 1.55 bits per heavy atom. The van der Waals surface area contributed by atoms with Crippen LogP contribution in [0.4, 0.5) is 0 Å². The number of hydrogen-bond donors (Lipinski definition) is 2. The SMILES string of the molecule is CC(=O)c1ccc(S(=O)(=O)NC(C)(C)C(C)(C)O)cc1. The van der Waals surface area contributed by atoms with Crippen LogP contribution in [0.5, 0.6) is 0 Å². The molecular formula is C14H21NO4S. The zero-order chi connectivity index (χ0) is 15.8. The highest BCUT2D eigenvalue weighted by Crippen LogP contribution is 2.23. The van der Waals surface area contributed by atoms with E-state index in [0.29, 0.717) is 5.56 Å². The van der Waals surface area contributed by atoms with E-state index in [1.54, 1.807) is 13.8 Å². The summed E-state index contributed by atoms with van der Waals surface area (Å²) in [6.45, 7) is 7.70. The summed E-state index contributed by atoms with van der Waals surface area (Å²) in [5, 5.41) is 10.0. The first-order valence-electron chi connectivity index (χ1n) is 6.24. The Bertz CT molecular complexity index is 595. The van der Waals surface area contributed by atoms with Gasteiger partial charge in [0.15, 0.2) is 5.78 Å². The van der Waals surface area contributed by atoms with E-state index >= 15 is 0 Å². The molecule has 0 heterocycles. The number of carbonyl (C=O) groups excluding carboxylic acids is 1. The number of benzene rings is 1. The smallest absolute Gasteiger partial charge is 0.241 e. The van der Waals surface area contributed by atoms with E-state index < -0.39 is 21.2 Å². The van der Waals surface area contributed by atoms with E-state index in [1.165, 1.54) is 45.0 Å². The van der Waals surface area contributed by atoms with E-state index in [1.807, 2.05) is 0 Å². The first-order valence-corrected chi connectivity index (χ1v) is 7.72. The fraction of sp³-hybridized carbons (Fsp3) is 0.500. The molecule has 0 unspecified atom stereocenters. The highest BCUT2D eigenvalue weighted by molar-refractivity contribution is 7.89. The van der Waals surface area contributed by atoms with Crippen molar-refractivity contribution in [2.45, 2.75) is 50.7 Å². The second-order valence-electron chi connectivity index (χ2n) is 5.87. The lowest BCUT2D eigenvalue weighted by Gasteiger charge is -2.37. The lowest BCUT2D eigenvalue weighted by Crippen LogP contribution is -2.57. The average Bonchev–Trinajstić information content (AvgIpc) is 2.26. The minimum atomic E-state index is -3.76. The van der Waals surface area contributed by atoms with Crippen molar-refractivity contribution in [3.05, 3.63) is 29.8 Å². The average molecular weight is 299 g/mol. The van der Waals surface area contributed by atoms with Crippen molar-refractivity contribution in [2.75, 3.05) is 0 Å². The molecule has 1 rings (SSSR count). The van der Waals surface area contributed by atoms with Crippen LogP contribution in [-0.2, 0) is 10.0 Å². The van der Waals surface area contributed by atoms with Gasteiger partial charge < -0.3 is 5.11 Å². The number of ketones is 1. The second-order valence-corrected chi connectivity index (χ2v) is 7.55. The van der Waals surface area contributed by atoms with Crippen molar-refractivity contribution in [1.29, 1.82) is 0 Å². The predicted molar refractivity (Wildman–Crippen MR) is 77.1 cm³/mol. The van der Waals surface area contributed by atoms with Gasteiger partial charge in [-0.1, -0.05) is 12.1 Å². The van der Waals surface area contributed by atoms with Gasteiger partial charge >= 0.3 is 0 Å². The van der Waals surface area contributed by atoms with Gasteiger partial charge in [0.05, 0.1) is 16.0 Å². The Kier molecular flexibility index (Phi) is 4.43. The van der Waals surface area contributed by atoms with Crippen molar-refractivity contribution in [2.24, 2.45) is 0 Å². The molecule has 0 aliphatic rings. The van der Waals surface area contributed by atoms with Crippen LogP contribution in [0.2, 0.25) is 0 Å². The Morgan fingerprint density at radius 3 is 1.90 bits per heavy atom. The molecule has 0 aliphatic carbocycles. The maximum absolute atomic E-state index is 12.3. The van der Waals surface area contributed by atoms with Crippen LogP contribution >= 0.6 is 0 Å².